The average Bonchev–Trinajstić information content (AvgIpc) is 2.42. The van der Waals surface area contributed by atoms with Crippen molar-refractivity contribution in [3.8, 4) is 0 Å². The first-order valence-corrected chi connectivity index (χ1v) is 7.04. The van der Waals surface area contributed by atoms with Crippen molar-refractivity contribution in [2.45, 2.75) is 26.7 Å². The normalized spacial score (nSPS) is 10.3. The highest BCUT2D eigenvalue weighted by Gasteiger charge is 2.04. The number of hydrogen-bond donors (Lipinski definition) is 1. The number of aryl methyl sites for hydroxylation is 3. The van der Waals surface area contributed by atoms with Crippen molar-refractivity contribution in [3.05, 3.63) is 64.2 Å². The molecule has 0 aliphatic heterocycles. The standard InChI is InChI=1S/C17H18ClNO/c1-12-3-6-14(7-4-12)8-10-17(20)19-15-9-5-13(2)16(18)11-15/h3-7,9,11H,8,10H2,1-2H3,(H,19,20). The lowest BCUT2D eigenvalue weighted by atomic mass is 10.1. The molecule has 0 aromatic heterocycles. The summed E-state index contributed by atoms with van der Waals surface area (Å²) in [6.45, 7) is 3.99. The maximum atomic E-state index is 11.9. The highest BCUT2D eigenvalue weighted by atomic mass is 35.5. The first kappa shape index (κ1) is 14.6. The van der Waals surface area contributed by atoms with Crippen LogP contribution in [0, 0.1) is 13.8 Å². The number of halogens is 1. The Bertz CT molecular complexity index is 605. The zero-order valence-electron chi connectivity index (χ0n) is 11.7. The van der Waals surface area contributed by atoms with Crippen molar-refractivity contribution in [1.29, 1.82) is 0 Å². The van der Waals surface area contributed by atoms with Crippen molar-refractivity contribution in [2.75, 3.05) is 5.32 Å². The van der Waals surface area contributed by atoms with Crippen LogP contribution in [0.5, 0.6) is 0 Å². The summed E-state index contributed by atoms with van der Waals surface area (Å²) in [5.41, 5.74) is 4.15. The molecule has 0 saturated heterocycles. The summed E-state index contributed by atoms with van der Waals surface area (Å²) in [6.07, 6.45) is 1.21. The van der Waals surface area contributed by atoms with Gasteiger partial charge in [0.05, 0.1) is 0 Å². The monoisotopic (exact) mass is 287 g/mol. The fraction of sp³-hybridized carbons (Fsp3) is 0.235. The smallest absolute Gasteiger partial charge is 0.224 e. The van der Waals surface area contributed by atoms with Gasteiger partial charge in [0.25, 0.3) is 0 Å². The van der Waals surface area contributed by atoms with Gasteiger partial charge in [0.15, 0.2) is 0 Å². The zero-order valence-corrected chi connectivity index (χ0v) is 12.5. The van der Waals surface area contributed by atoms with E-state index in [1.807, 2.05) is 19.1 Å². The number of carbonyl (C=O) groups is 1. The van der Waals surface area contributed by atoms with E-state index in [9.17, 15) is 4.79 Å². The molecule has 0 unspecified atom stereocenters. The van der Waals surface area contributed by atoms with E-state index in [2.05, 4.69) is 36.5 Å². The molecular weight excluding hydrogens is 270 g/mol. The Kier molecular flexibility index (Phi) is 4.80. The maximum Gasteiger partial charge on any atom is 0.224 e. The fourth-order valence-electron chi connectivity index (χ4n) is 1.91. The van der Waals surface area contributed by atoms with Gasteiger partial charge in [-0.15, -0.1) is 0 Å². The van der Waals surface area contributed by atoms with E-state index in [0.29, 0.717) is 11.4 Å². The molecule has 1 N–H and O–H groups in total. The molecule has 0 aliphatic carbocycles. The summed E-state index contributed by atoms with van der Waals surface area (Å²) < 4.78 is 0. The molecule has 20 heavy (non-hydrogen) atoms. The highest BCUT2D eigenvalue weighted by Crippen LogP contribution is 2.20. The number of amides is 1. The topological polar surface area (TPSA) is 29.1 Å². The lowest BCUT2D eigenvalue weighted by Crippen LogP contribution is -2.12. The van der Waals surface area contributed by atoms with E-state index in [4.69, 9.17) is 11.6 Å². The predicted octanol–water partition coefficient (Wildman–Crippen LogP) is 4.53. The molecule has 2 rings (SSSR count). The molecule has 0 bridgehead atoms. The summed E-state index contributed by atoms with van der Waals surface area (Å²) in [7, 11) is 0. The van der Waals surface area contributed by atoms with Crippen LogP contribution in [0.15, 0.2) is 42.5 Å². The molecule has 0 spiro atoms. The minimum absolute atomic E-state index is 0.00509. The first-order chi connectivity index (χ1) is 9.54. The average molecular weight is 288 g/mol. The van der Waals surface area contributed by atoms with E-state index in [-0.39, 0.29) is 5.91 Å². The van der Waals surface area contributed by atoms with Crippen molar-refractivity contribution in [1.82, 2.24) is 0 Å². The SMILES string of the molecule is Cc1ccc(CCC(=O)Nc2ccc(C)c(Cl)c2)cc1. The Labute approximate surface area is 124 Å². The Morgan fingerprint density at radius 3 is 2.45 bits per heavy atom. The molecule has 1 amide bonds. The van der Waals surface area contributed by atoms with Gasteiger partial charge >= 0.3 is 0 Å². The van der Waals surface area contributed by atoms with E-state index >= 15 is 0 Å². The minimum Gasteiger partial charge on any atom is -0.326 e. The van der Waals surface area contributed by atoms with Crippen LogP contribution in [0.1, 0.15) is 23.1 Å². The van der Waals surface area contributed by atoms with Crippen LogP contribution in [-0.2, 0) is 11.2 Å². The van der Waals surface area contributed by atoms with E-state index in [1.54, 1.807) is 6.07 Å². The Morgan fingerprint density at radius 1 is 1.10 bits per heavy atom. The Morgan fingerprint density at radius 2 is 1.80 bits per heavy atom. The fourth-order valence-corrected chi connectivity index (χ4v) is 2.09. The van der Waals surface area contributed by atoms with E-state index in [0.717, 1.165) is 17.7 Å². The number of hydrogen-bond acceptors (Lipinski definition) is 1. The quantitative estimate of drug-likeness (QED) is 0.879. The van der Waals surface area contributed by atoms with Crippen LogP contribution < -0.4 is 5.32 Å². The molecule has 0 radical (unpaired) electrons. The van der Waals surface area contributed by atoms with Crippen molar-refractivity contribution >= 4 is 23.2 Å². The second kappa shape index (κ2) is 6.58. The molecule has 0 fully saturated rings. The van der Waals surface area contributed by atoms with Gasteiger partial charge in [-0.3, -0.25) is 4.79 Å². The van der Waals surface area contributed by atoms with Gasteiger partial charge in [-0.05, 0) is 43.5 Å². The molecule has 0 aliphatic rings. The lowest BCUT2D eigenvalue weighted by molar-refractivity contribution is -0.116. The largest absolute Gasteiger partial charge is 0.326 e. The Balaban J connectivity index is 1.89. The number of rotatable bonds is 4. The number of benzene rings is 2. The third kappa shape index (κ3) is 4.10. The van der Waals surface area contributed by atoms with Gasteiger partial charge in [-0.1, -0.05) is 47.5 Å². The van der Waals surface area contributed by atoms with E-state index in [1.165, 1.54) is 11.1 Å². The number of nitrogens with one attached hydrogen (secondary N) is 1. The lowest BCUT2D eigenvalue weighted by Gasteiger charge is -2.07. The third-order valence-corrected chi connectivity index (χ3v) is 3.62. The second-order valence-electron chi connectivity index (χ2n) is 5.00. The van der Waals surface area contributed by atoms with Crippen molar-refractivity contribution in [3.63, 3.8) is 0 Å². The van der Waals surface area contributed by atoms with Crippen LogP contribution >= 0.6 is 11.6 Å². The van der Waals surface area contributed by atoms with Crippen molar-refractivity contribution in [2.24, 2.45) is 0 Å². The van der Waals surface area contributed by atoms with Crippen LogP contribution in [0.4, 0.5) is 5.69 Å². The molecular formula is C17H18ClNO. The molecule has 2 aromatic rings. The van der Waals surface area contributed by atoms with Crippen LogP contribution in [0.2, 0.25) is 5.02 Å². The summed E-state index contributed by atoms with van der Waals surface area (Å²) in [5.74, 6) is 0.00509. The van der Waals surface area contributed by atoms with Gasteiger partial charge in [0.2, 0.25) is 5.91 Å². The number of carbonyl (C=O) groups excluding carboxylic acids is 1. The predicted molar refractivity (Wildman–Crippen MR) is 84.3 cm³/mol. The summed E-state index contributed by atoms with van der Waals surface area (Å²) >= 11 is 6.03. The second-order valence-corrected chi connectivity index (χ2v) is 5.40. The van der Waals surface area contributed by atoms with Crippen LogP contribution in [-0.4, -0.2) is 5.91 Å². The van der Waals surface area contributed by atoms with E-state index < -0.39 is 0 Å². The van der Waals surface area contributed by atoms with Crippen LogP contribution in [0.25, 0.3) is 0 Å². The van der Waals surface area contributed by atoms with Gasteiger partial charge < -0.3 is 5.32 Å². The molecule has 0 heterocycles. The van der Waals surface area contributed by atoms with Gasteiger partial charge in [0.1, 0.15) is 0 Å². The molecule has 104 valence electrons. The van der Waals surface area contributed by atoms with Crippen LogP contribution in [0.3, 0.4) is 0 Å². The molecule has 3 heteroatoms. The molecule has 0 atom stereocenters. The third-order valence-electron chi connectivity index (χ3n) is 3.22. The van der Waals surface area contributed by atoms with Gasteiger partial charge in [0, 0.05) is 17.1 Å². The van der Waals surface area contributed by atoms with Crippen molar-refractivity contribution < 1.29 is 4.79 Å². The first-order valence-electron chi connectivity index (χ1n) is 6.66. The van der Waals surface area contributed by atoms with Gasteiger partial charge in [-0.25, -0.2) is 0 Å². The molecule has 2 aromatic carbocycles. The number of anilines is 1. The summed E-state index contributed by atoms with van der Waals surface area (Å²) in [5, 5.41) is 3.54. The molecule has 0 saturated carbocycles. The Hall–Kier alpha value is -1.80. The maximum absolute atomic E-state index is 11.9. The zero-order chi connectivity index (χ0) is 14.5. The molecule has 2 nitrogen and oxygen atoms in total. The van der Waals surface area contributed by atoms with Gasteiger partial charge in [-0.2, -0.15) is 0 Å². The highest BCUT2D eigenvalue weighted by molar-refractivity contribution is 6.31. The summed E-state index contributed by atoms with van der Waals surface area (Å²) in [4.78, 5) is 11.9. The minimum atomic E-state index is 0.00509. The summed E-state index contributed by atoms with van der Waals surface area (Å²) in [6, 6.07) is 13.8.